The Balaban J connectivity index is 1.35. The van der Waals surface area contributed by atoms with Gasteiger partial charge in [0, 0.05) is 23.7 Å². The molecule has 2 amide bonds. The van der Waals surface area contributed by atoms with Crippen LogP contribution in [0.15, 0.2) is 30.3 Å². The standard InChI is InChI=1S/C26H32ClFN4O5/c1-26(2,3)37-25(34)32-11-5-6-21(32)23(33)29-13-16-12-20(28)22(30-24(16)35-4)31-14-19(15-31)36-18-9-7-17(27)8-10-18/h7-10,12,19,21H,5-6,11,13-15H2,1-4H3,(H,29,33)/t21-/m0/s1. The van der Waals surface area contributed by atoms with E-state index in [2.05, 4.69) is 10.3 Å². The third kappa shape index (κ3) is 6.54. The lowest BCUT2D eigenvalue weighted by Crippen LogP contribution is -2.54. The predicted octanol–water partition coefficient (Wildman–Crippen LogP) is 4.17. The molecule has 2 saturated heterocycles. The highest BCUT2D eigenvalue weighted by Crippen LogP contribution is 2.30. The normalized spacial score (nSPS) is 17.8. The Morgan fingerprint density at radius 3 is 2.57 bits per heavy atom. The van der Waals surface area contributed by atoms with Crippen molar-refractivity contribution in [3.05, 3.63) is 46.7 Å². The predicted molar refractivity (Wildman–Crippen MR) is 137 cm³/mol. The van der Waals surface area contributed by atoms with Gasteiger partial charge in [0.2, 0.25) is 11.8 Å². The van der Waals surface area contributed by atoms with E-state index in [-0.39, 0.29) is 30.3 Å². The smallest absolute Gasteiger partial charge is 0.410 e. The van der Waals surface area contributed by atoms with Crippen LogP contribution < -0.4 is 19.7 Å². The fourth-order valence-corrected chi connectivity index (χ4v) is 4.42. The molecular weight excluding hydrogens is 503 g/mol. The number of methoxy groups -OCH3 is 1. The summed E-state index contributed by atoms with van der Waals surface area (Å²) in [5.74, 6) is 0.216. The third-order valence-corrected chi connectivity index (χ3v) is 6.34. The highest BCUT2D eigenvalue weighted by atomic mass is 35.5. The van der Waals surface area contributed by atoms with Crippen molar-refractivity contribution in [3.8, 4) is 11.6 Å². The van der Waals surface area contributed by atoms with Crippen LogP contribution in [0, 0.1) is 5.82 Å². The van der Waals surface area contributed by atoms with E-state index >= 15 is 0 Å². The number of hydrogen-bond acceptors (Lipinski definition) is 7. The zero-order chi connectivity index (χ0) is 26.7. The number of benzene rings is 1. The molecule has 37 heavy (non-hydrogen) atoms. The second-order valence-corrected chi connectivity index (χ2v) is 10.5. The number of rotatable bonds is 7. The van der Waals surface area contributed by atoms with Crippen molar-refractivity contribution in [1.82, 2.24) is 15.2 Å². The maximum absolute atomic E-state index is 15.0. The van der Waals surface area contributed by atoms with Crippen molar-refractivity contribution in [2.75, 3.05) is 31.6 Å². The molecule has 2 aromatic rings. The molecule has 0 radical (unpaired) electrons. The number of anilines is 1. The van der Waals surface area contributed by atoms with Gasteiger partial charge < -0.3 is 24.4 Å². The minimum atomic E-state index is -0.655. The van der Waals surface area contributed by atoms with Crippen molar-refractivity contribution in [2.45, 2.75) is 57.9 Å². The van der Waals surface area contributed by atoms with Crippen LogP contribution in [-0.4, -0.2) is 66.4 Å². The lowest BCUT2D eigenvalue weighted by molar-refractivity contribution is -0.125. The number of amides is 2. The fourth-order valence-electron chi connectivity index (χ4n) is 4.30. The maximum Gasteiger partial charge on any atom is 0.410 e. The monoisotopic (exact) mass is 534 g/mol. The van der Waals surface area contributed by atoms with Crippen molar-refractivity contribution >= 4 is 29.4 Å². The summed E-state index contributed by atoms with van der Waals surface area (Å²) in [6.07, 6.45) is 0.603. The summed E-state index contributed by atoms with van der Waals surface area (Å²) in [5.41, 5.74) is -0.259. The molecule has 1 N–H and O–H groups in total. The van der Waals surface area contributed by atoms with Gasteiger partial charge in [-0.15, -0.1) is 0 Å². The number of carbonyl (C=O) groups excluding carboxylic acids is 2. The molecule has 0 bridgehead atoms. The number of nitrogens with one attached hydrogen (secondary N) is 1. The summed E-state index contributed by atoms with van der Waals surface area (Å²) in [7, 11) is 1.44. The Labute approximate surface area is 220 Å². The first-order valence-electron chi connectivity index (χ1n) is 12.2. The van der Waals surface area contributed by atoms with Crippen LogP contribution in [-0.2, 0) is 16.1 Å². The lowest BCUT2D eigenvalue weighted by atomic mass is 10.1. The fraction of sp³-hybridized carbons (Fsp3) is 0.500. The Bertz CT molecular complexity index is 1140. The molecule has 3 heterocycles. The molecular formula is C26H32ClFN4O5. The van der Waals surface area contributed by atoms with Crippen LogP contribution in [0.4, 0.5) is 15.0 Å². The van der Waals surface area contributed by atoms with E-state index in [0.29, 0.717) is 48.8 Å². The van der Waals surface area contributed by atoms with Crippen LogP contribution in [0.2, 0.25) is 5.02 Å². The van der Waals surface area contributed by atoms with Crippen LogP contribution in [0.1, 0.15) is 39.2 Å². The zero-order valence-electron chi connectivity index (χ0n) is 21.4. The molecule has 0 aliphatic carbocycles. The van der Waals surface area contributed by atoms with E-state index in [4.69, 9.17) is 25.8 Å². The third-order valence-electron chi connectivity index (χ3n) is 6.09. The van der Waals surface area contributed by atoms with Gasteiger partial charge in [0.15, 0.2) is 11.6 Å². The lowest BCUT2D eigenvalue weighted by Gasteiger charge is -2.40. The summed E-state index contributed by atoms with van der Waals surface area (Å²) in [6.45, 7) is 6.72. The van der Waals surface area contributed by atoms with E-state index in [1.54, 1.807) is 49.9 Å². The average Bonchev–Trinajstić information content (AvgIpc) is 3.30. The topological polar surface area (TPSA) is 93.2 Å². The van der Waals surface area contributed by atoms with Gasteiger partial charge in [-0.3, -0.25) is 9.69 Å². The summed E-state index contributed by atoms with van der Waals surface area (Å²) >= 11 is 5.90. The van der Waals surface area contributed by atoms with Crippen LogP contribution >= 0.6 is 11.6 Å². The van der Waals surface area contributed by atoms with Gasteiger partial charge in [-0.2, -0.15) is 4.98 Å². The first-order chi connectivity index (χ1) is 17.5. The Hall–Kier alpha value is -3.27. The number of aromatic nitrogens is 1. The van der Waals surface area contributed by atoms with E-state index in [1.807, 2.05) is 0 Å². The Kier molecular flexibility index (Phi) is 7.96. The van der Waals surface area contributed by atoms with E-state index in [9.17, 15) is 14.0 Å². The Morgan fingerprint density at radius 1 is 1.22 bits per heavy atom. The first kappa shape index (κ1) is 26.8. The maximum atomic E-state index is 15.0. The van der Waals surface area contributed by atoms with Crippen LogP contribution in [0.5, 0.6) is 11.6 Å². The second kappa shape index (κ2) is 11.0. The molecule has 0 spiro atoms. The van der Waals surface area contributed by atoms with Gasteiger partial charge in [0.25, 0.3) is 0 Å². The average molecular weight is 535 g/mol. The number of nitrogens with zero attached hydrogens (tertiary/aromatic N) is 3. The first-order valence-corrected chi connectivity index (χ1v) is 12.6. The quantitative estimate of drug-likeness (QED) is 0.570. The highest BCUT2D eigenvalue weighted by molar-refractivity contribution is 6.30. The summed E-state index contributed by atoms with van der Waals surface area (Å²) < 4.78 is 31.7. The molecule has 0 saturated carbocycles. The van der Waals surface area contributed by atoms with Crippen molar-refractivity contribution in [1.29, 1.82) is 0 Å². The second-order valence-electron chi connectivity index (χ2n) is 10.1. The molecule has 1 atom stereocenters. The molecule has 4 rings (SSSR count). The zero-order valence-corrected chi connectivity index (χ0v) is 22.2. The molecule has 1 aromatic heterocycles. The number of pyridine rings is 1. The van der Waals surface area contributed by atoms with Gasteiger partial charge >= 0.3 is 6.09 Å². The number of hydrogen-bond donors (Lipinski definition) is 1. The van der Waals surface area contributed by atoms with Crippen LogP contribution in [0.3, 0.4) is 0 Å². The molecule has 1 aromatic carbocycles. The van der Waals surface area contributed by atoms with Gasteiger partial charge in [-0.1, -0.05) is 11.6 Å². The van der Waals surface area contributed by atoms with Gasteiger partial charge in [-0.25, -0.2) is 9.18 Å². The number of carbonyl (C=O) groups is 2. The Morgan fingerprint density at radius 2 is 1.92 bits per heavy atom. The molecule has 0 unspecified atom stereocenters. The number of halogens is 2. The van der Waals surface area contributed by atoms with Crippen molar-refractivity contribution < 1.29 is 28.2 Å². The highest BCUT2D eigenvalue weighted by Gasteiger charge is 2.37. The molecule has 11 heteroatoms. The molecule has 2 fully saturated rings. The van der Waals surface area contributed by atoms with Crippen molar-refractivity contribution in [3.63, 3.8) is 0 Å². The summed E-state index contributed by atoms with van der Waals surface area (Å²) in [6, 6.07) is 7.74. The minimum absolute atomic E-state index is 0.00711. The minimum Gasteiger partial charge on any atom is -0.487 e. The van der Waals surface area contributed by atoms with Crippen molar-refractivity contribution in [2.24, 2.45) is 0 Å². The van der Waals surface area contributed by atoms with E-state index in [0.717, 1.165) is 0 Å². The number of ether oxygens (including phenoxy) is 3. The van der Waals surface area contributed by atoms with Gasteiger partial charge in [-0.05, 0) is 63.9 Å². The number of likely N-dealkylation sites (tertiary alicyclic amines) is 1. The van der Waals surface area contributed by atoms with Gasteiger partial charge in [0.05, 0.1) is 20.2 Å². The molecule has 200 valence electrons. The summed E-state index contributed by atoms with van der Waals surface area (Å²) in [4.78, 5) is 32.9. The van der Waals surface area contributed by atoms with E-state index in [1.165, 1.54) is 18.1 Å². The molecule has 2 aliphatic rings. The van der Waals surface area contributed by atoms with Crippen LogP contribution in [0.25, 0.3) is 0 Å². The SMILES string of the molecule is COc1nc(N2CC(Oc3ccc(Cl)cc3)C2)c(F)cc1CNC(=O)[C@@H]1CCCN1C(=O)OC(C)(C)C. The largest absolute Gasteiger partial charge is 0.487 e. The summed E-state index contributed by atoms with van der Waals surface area (Å²) in [5, 5.41) is 3.41. The molecule has 9 nitrogen and oxygen atoms in total. The molecule has 2 aliphatic heterocycles. The van der Waals surface area contributed by atoms with Gasteiger partial charge in [0.1, 0.15) is 23.5 Å². The van der Waals surface area contributed by atoms with E-state index < -0.39 is 23.6 Å².